The van der Waals surface area contributed by atoms with Gasteiger partial charge in [0.2, 0.25) is 5.91 Å². The highest BCUT2D eigenvalue weighted by Crippen LogP contribution is 2.33. The van der Waals surface area contributed by atoms with Crippen LogP contribution in [0.15, 0.2) is 29.4 Å². The largest absolute Gasteiger partial charge is 0.325 e. The Morgan fingerprint density at radius 1 is 1.32 bits per heavy atom. The van der Waals surface area contributed by atoms with Gasteiger partial charge in [-0.15, -0.1) is 10.2 Å². The number of nitrogens with one attached hydrogen (secondary N) is 1. The number of benzene rings is 1. The van der Waals surface area contributed by atoms with E-state index in [4.69, 9.17) is 0 Å². The molecule has 0 unspecified atom stereocenters. The van der Waals surface area contributed by atoms with Gasteiger partial charge in [0.05, 0.1) is 10.7 Å². The number of rotatable bonds is 6. The molecule has 1 fully saturated rings. The van der Waals surface area contributed by atoms with Crippen molar-refractivity contribution in [3.05, 3.63) is 40.2 Å². The maximum Gasteiger partial charge on any atom is 0.269 e. The molecule has 1 aliphatic rings. The first-order chi connectivity index (χ1) is 12.0. The van der Waals surface area contributed by atoms with Crippen LogP contribution in [-0.4, -0.2) is 31.3 Å². The predicted molar refractivity (Wildman–Crippen MR) is 94.7 cm³/mol. The van der Waals surface area contributed by atoms with Crippen molar-refractivity contribution < 1.29 is 9.72 Å². The topological polar surface area (TPSA) is 103 Å². The van der Waals surface area contributed by atoms with Crippen molar-refractivity contribution in [2.24, 2.45) is 7.05 Å². The van der Waals surface area contributed by atoms with E-state index in [2.05, 4.69) is 15.5 Å². The van der Waals surface area contributed by atoms with E-state index in [0.717, 1.165) is 23.8 Å². The molecule has 1 heterocycles. The Hall–Kier alpha value is -2.42. The van der Waals surface area contributed by atoms with Crippen LogP contribution in [0.4, 0.5) is 11.4 Å². The van der Waals surface area contributed by atoms with Crippen LogP contribution in [0.25, 0.3) is 0 Å². The van der Waals surface area contributed by atoms with E-state index in [1.54, 1.807) is 0 Å². The lowest BCUT2D eigenvalue weighted by Crippen LogP contribution is -2.14. The van der Waals surface area contributed by atoms with Gasteiger partial charge in [0, 0.05) is 30.8 Å². The number of nitrogens with zero attached hydrogens (tertiary/aromatic N) is 4. The SMILES string of the molecule is Cn1c(SCC(=O)Nc2ccc([N+](=O)[O-])cc2)nnc1C1CCCC1. The van der Waals surface area contributed by atoms with Gasteiger partial charge >= 0.3 is 0 Å². The minimum Gasteiger partial charge on any atom is -0.325 e. The first-order valence-corrected chi connectivity index (χ1v) is 9.09. The molecule has 1 aromatic heterocycles. The number of thioether (sulfide) groups is 1. The Morgan fingerprint density at radius 2 is 2.00 bits per heavy atom. The molecule has 0 spiro atoms. The van der Waals surface area contributed by atoms with E-state index in [1.165, 1.54) is 48.9 Å². The molecule has 0 bridgehead atoms. The lowest BCUT2D eigenvalue weighted by Gasteiger charge is -2.09. The number of aromatic nitrogens is 3. The summed E-state index contributed by atoms with van der Waals surface area (Å²) in [4.78, 5) is 22.2. The van der Waals surface area contributed by atoms with Gasteiger partial charge in [0.15, 0.2) is 5.16 Å². The summed E-state index contributed by atoms with van der Waals surface area (Å²) < 4.78 is 1.97. The van der Waals surface area contributed by atoms with Crippen LogP contribution in [0, 0.1) is 10.1 Å². The van der Waals surface area contributed by atoms with E-state index in [0.29, 0.717) is 11.6 Å². The maximum atomic E-state index is 12.1. The molecule has 3 rings (SSSR count). The molecule has 8 nitrogen and oxygen atoms in total. The average molecular weight is 361 g/mol. The van der Waals surface area contributed by atoms with Crippen LogP contribution < -0.4 is 5.32 Å². The van der Waals surface area contributed by atoms with Crippen LogP contribution in [0.5, 0.6) is 0 Å². The summed E-state index contributed by atoms with van der Waals surface area (Å²) in [6.45, 7) is 0. The summed E-state index contributed by atoms with van der Waals surface area (Å²) in [5.74, 6) is 1.48. The van der Waals surface area contributed by atoms with Gasteiger partial charge in [0.25, 0.3) is 5.69 Å². The van der Waals surface area contributed by atoms with E-state index < -0.39 is 4.92 Å². The number of carbonyl (C=O) groups is 1. The third-order valence-electron chi connectivity index (χ3n) is 4.28. The van der Waals surface area contributed by atoms with Gasteiger partial charge in [-0.3, -0.25) is 14.9 Å². The van der Waals surface area contributed by atoms with Crippen LogP contribution in [-0.2, 0) is 11.8 Å². The highest BCUT2D eigenvalue weighted by Gasteiger charge is 2.23. The quantitative estimate of drug-likeness (QED) is 0.482. The Balaban J connectivity index is 1.54. The summed E-state index contributed by atoms with van der Waals surface area (Å²) in [6, 6.07) is 5.75. The highest BCUT2D eigenvalue weighted by atomic mass is 32.2. The molecule has 1 aromatic carbocycles. The number of non-ortho nitro benzene ring substituents is 1. The fraction of sp³-hybridized carbons (Fsp3) is 0.438. The van der Waals surface area contributed by atoms with Gasteiger partial charge in [-0.05, 0) is 25.0 Å². The lowest BCUT2D eigenvalue weighted by molar-refractivity contribution is -0.384. The number of amides is 1. The van der Waals surface area contributed by atoms with E-state index >= 15 is 0 Å². The average Bonchev–Trinajstić information content (AvgIpc) is 3.23. The van der Waals surface area contributed by atoms with Crippen molar-refractivity contribution in [1.29, 1.82) is 0 Å². The summed E-state index contributed by atoms with van der Waals surface area (Å²) in [7, 11) is 1.93. The predicted octanol–water partition coefficient (Wildman–Crippen LogP) is 3.11. The van der Waals surface area contributed by atoms with Crippen LogP contribution in [0.3, 0.4) is 0 Å². The standard InChI is InChI=1S/C16H19N5O3S/c1-20-15(11-4-2-3-5-11)18-19-16(20)25-10-14(22)17-12-6-8-13(9-7-12)21(23)24/h6-9,11H,2-5,10H2,1H3,(H,17,22). The monoisotopic (exact) mass is 361 g/mol. The number of nitro benzene ring substituents is 1. The summed E-state index contributed by atoms with van der Waals surface area (Å²) in [5.41, 5.74) is 0.520. The molecule has 2 aromatic rings. The second kappa shape index (κ2) is 7.64. The number of carbonyl (C=O) groups excluding carboxylic acids is 1. The number of nitro groups is 1. The molecular formula is C16H19N5O3S. The molecule has 9 heteroatoms. The van der Waals surface area contributed by atoms with Crippen LogP contribution >= 0.6 is 11.8 Å². The second-order valence-corrected chi connectivity index (χ2v) is 6.96. The zero-order valence-corrected chi connectivity index (χ0v) is 14.7. The number of hydrogen-bond acceptors (Lipinski definition) is 6. The molecule has 0 saturated heterocycles. The van der Waals surface area contributed by atoms with Gasteiger partial charge in [0.1, 0.15) is 5.82 Å². The molecule has 0 radical (unpaired) electrons. The summed E-state index contributed by atoms with van der Waals surface area (Å²) in [5, 5.41) is 22.5. The third kappa shape index (κ3) is 4.16. The molecule has 25 heavy (non-hydrogen) atoms. The first kappa shape index (κ1) is 17.4. The third-order valence-corrected chi connectivity index (χ3v) is 5.30. The molecule has 1 amide bonds. The molecule has 1 N–H and O–H groups in total. The minimum atomic E-state index is -0.475. The molecule has 132 valence electrons. The van der Waals surface area contributed by atoms with E-state index in [9.17, 15) is 14.9 Å². The molecule has 1 aliphatic carbocycles. The Labute approximate surface area is 149 Å². The van der Waals surface area contributed by atoms with Gasteiger partial charge in [-0.1, -0.05) is 24.6 Å². The van der Waals surface area contributed by atoms with Gasteiger partial charge < -0.3 is 9.88 Å². The molecule has 1 saturated carbocycles. The Morgan fingerprint density at radius 3 is 2.64 bits per heavy atom. The van der Waals surface area contributed by atoms with E-state index in [-0.39, 0.29) is 17.3 Å². The minimum absolute atomic E-state index is 0.00843. The zero-order chi connectivity index (χ0) is 17.8. The van der Waals surface area contributed by atoms with Crippen molar-refractivity contribution in [2.45, 2.75) is 36.8 Å². The van der Waals surface area contributed by atoms with Crippen LogP contribution in [0.1, 0.15) is 37.4 Å². The summed E-state index contributed by atoms with van der Waals surface area (Å²) >= 11 is 1.33. The fourth-order valence-electron chi connectivity index (χ4n) is 2.99. The van der Waals surface area contributed by atoms with Gasteiger partial charge in [-0.25, -0.2) is 0 Å². The Bertz CT molecular complexity index is 769. The number of anilines is 1. The molecular weight excluding hydrogens is 342 g/mol. The lowest BCUT2D eigenvalue weighted by atomic mass is 10.1. The molecule has 0 aliphatic heterocycles. The van der Waals surface area contributed by atoms with Crippen molar-refractivity contribution in [2.75, 3.05) is 11.1 Å². The van der Waals surface area contributed by atoms with Crippen molar-refractivity contribution in [1.82, 2.24) is 14.8 Å². The van der Waals surface area contributed by atoms with Crippen molar-refractivity contribution in [3.8, 4) is 0 Å². The molecule has 0 atom stereocenters. The van der Waals surface area contributed by atoms with Crippen molar-refractivity contribution >= 4 is 29.0 Å². The van der Waals surface area contributed by atoms with E-state index in [1.807, 2.05) is 11.6 Å². The first-order valence-electron chi connectivity index (χ1n) is 8.11. The Kier molecular flexibility index (Phi) is 5.32. The van der Waals surface area contributed by atoms with Crippen LogP contribution in [0.2, 0.25) is 0 Å². The van der Waals surface area contributed by atoms with Gasteiger partial charge in [-0.2, -0.15) is 0 Å². The second-order valence-electron chi connectivity index (χ2n) is 6.02. The highest BCUT2D eigenvalue weighted by molar-refractivity contribution is 7.99. The zero-order valence-electron chi connectivity index (χ0n) is 13.8. The maximum absolute atomic E-state index is 12.1. The summed E-state index contributed by atoms with van der Waals surface area (Å²) in [6.07, 6.45) is 4.77. The smallest absolute Gasteiger partial charge is 0.269 e. The number of hydrogen-bond donors (Lipinski definition) is 1. The van der Waals surface area contributed by atoms with Crippen molar-refractivity contribution in [3.63, 3.8) is 0 Å². The fourth-order valence-corrected chi connectivity index (χ4v) is 3.70. The normalized spacial score (nSPS) is 14.6.